The van der Waals surface area contributed by atoms with Gasteiger partial charge in [-0.05, 0) is 29.1 Å². The minimum absolute atomic E-state index is 0.0175. The molecule has 0 bridgehead atoms. The first-order chi connectivity index (χ1) is 12.5. The summed E-state index contributed by atoms with van der Waals surface area (Å²) < 4.78 is 0. The van der Waals surface area contributed by atoms with Crippen molar-refractivity contribution < 1.29 is 9.59 Å². The Balaban J connectivity index is 1.55. The normalized spacial score (nSPS) is 10.7. The van der Waals surface area contributed by atoms with E-state index in [-0.39, 0.29) is 17.7 Å². The second-order valence-corrected chi connectivity index (χ2v) is 7.84. The maximum absolute atomic E-state index is 12.3. The van der Waals surface area contributed by atoms with E-state index < -0.39 is 0 Å². The zero-order chi connectivity index (χ0) is 18.5. The van der Waals surface area contributed by atoms with E-state index in [1.165, 1.54) is 11.3 Å². The van der Waals surface area contributed by atoms with Crippen molar-refractivity contribution in [2.45, 2.75) is 20.4 Å². The first-order valence-electron chi connectivity index (χ1n) is 8.20. The van der Waals surface area contributed by atoms with Gasteiger partial charge in [-0.1, -0.05) is 32.0 Å². The SMILES string of the molecule is CC(C)C(=O)Nc1ccc(CNC(=O)c2csc(-c3cccs3)n2)cc1. The first kappa shape index (κ1) is 18.3. The summed E-state index contributed by atoms with van der Waals surface area (Å²) in [6.07, 6.45) is 0. The lowest BCUT2D eigenvalue weighted by molar-refractivity contribution is -0.118. The first-order valence-corrected chi connectivity index (χ1v) is 9.96. The Kier molecular flexibility index (Phi) is 5.80. The van der Waals surface area contributed by atoms with Gasteiger partial charge in [0.05, 0.1) is 4.88 Å². The molecule has 0 aliphatic heterocycles. The average Bonchev–Trinajstić information content (AvgIpc) is 3.32. The number of benzene rings is 1. The Morgan fingerprint density at radius 1 is 1.12 bits per heavy atom. The molecule has 2 aromatic heterocycles. The number of aromatic nitrogens is 1. The van der Waals surface area contributed by atoms with Gasteiger partial charge in [0.2, 0.25) is 5.91 Å². The number of rotatable bonds is 6. The summed E-state index contributed by atoms with van der Waals surface area (Å²) in [7, 11) is 0. The van der Waals surface area contributed by atoms with Gasteiger partial charge in [-0.3, -0.25) is 9.59 Å². The highest BCUT2D eigenvalue weighted by atomic mass is 32.1. The van der Waals surface area contributed by atoms with Crippen LogP contribution in [0.15, 0.2) is 47.2 Å². The predicted molar refractivity (Wildman–Crippen MR) is 107 cm³/mol. The van der Waals surface area contributed by atoms with Gasteiger partial charge in [0.25, 0.3) is 5.91 Å². The van der Waals surface area contributed by atoms with Gasteiger partial charge in [-0.2, -0.15) is 0 Å². The molecule has 2 N–H and O–H groups in total. The van der Waals surface area contributed by atoms with Crippen LogP contribution in [0.4, 0.5) is 5.69 Å². The number of nitrogens with zero attached hydrogens (tertiary/aromatic N) is 1. The maximum atomic E-state index is 12.3. The number of amides is 2. The molecule has 134 valence electrons. The molecule has 7 heteroatoms. The topological polar surface area (TPSA) is 71.1 Å². The van der Waals surface area contributed by atoms with Gasteiger partial charge in [-0.25, -0.2) is 4.98 Å². The van der Waals surface area contributed by atoms with E-state index >= 15 is 0 Å². The fraction of sp³-hybridized carbons (Fsp3) is 0.211. The number of hydrogen-bond donors (Lipinski definition) is 2. The van der Waals surface area contributed by atoms with E-state index in [1.54, 1.807) is 16.7 Å². The van der Waals surface area contributed by atoms with Gasteiger partial charge in [0, 0.05) is 23.5 Å². The molecule has 0 radical (unpaired) electrons. The Bertz CT molecular complexity index is 884. The number of thiophene rings is 1. The summed E-state index contributed by atoms with van der Waals surface area (Å²) in [4.78, 5) is 29.4. The fourth-order valence-electron chi connectivity index (χ4n) is 2.16. The van der Waals surface area contributed by atoms with Crippen LogP contribution in [-0.2, 0) is 11.3 Å². The zero-order valence-corrected chi connectivity index (χ0v) is 16.1. The number of hydrogen-bond acceptors (Lipinski definition) is 5. The summed E-state index contributed by atoms with van der Waals surface area (Å²) in [5, 5.41) is 10.3. The smallest absolute Gasteiger partial charge is 0.271 e. The molecular weight excluding hydrogens is 366 g/mol. The molecule has 0 unspecified atom stereocenters. The standard InChI is InChI=1S/C19H19N3O2S2/c1-12(2)17(23)21-14-7-5-13(6-8-14)10-20-18(24)15-11-26-19(22-15)16-4-3-9-25-16/h3-9,11-12H,10H2,1-2H3,(H,20,24)(H,21,23). The Hall–Kier alpha value is -2.51. The van der Waals surface area contributed by atoms with Crippen LogP contribution in [0.3, 0.4) is 0 Å². The molecule has 3 aromatic rings. The van der Waals surface area contributed by atoms with Crippen molar-refractivity contribution in [3.8, 4) is 9.88 Å². The van der Waals surface area contributed by atoms with Crippen LogP contribution in [0.2, 0.25) is 0 Å². The quantitative estimate of drug-likeness (QED) is 0.661. The zero-order valence-electron chi connectivity index (χ0n) is 14.5. The second kappa shape index (κ2) is 8.25. The lowest BCUT2D eigenvalue weighted by Crippen LogP contribution is -2.23. The van der Waals surface area contributed by atoms with E-state index in [0.717, 1.165) is 21.1 Å². The lowest BCUT2D eigenvalue weighted by Gasteiger charge is -2.09. The van der Waals surface area contributed by atoms with Crippen LogP contribution in [0, 0.1) is 5.92 Å². The fourth-order valence-corrected chi connectivity index (χ4v) is 3.77. The number of nitrogens with one attached hydrogen (secondary N) is 2. The van der Waals surface area contributed by atoms with Crippen LogP contribution >= 0.6 is 22.7 Å². The van der Waals surface area contributed by atoms with Gasteiger partial charge in [0.15, 0.2) is 0 Å². The summed E-state index contributed by atoms with van der Waals surface area (Å²) in [5.74, 6) is -0.275. The molecular formula is C19H19N3O2S2. The van der Waals surface area contributed by atoms with Crippen LogP contribution in [0.5, 0.6) is 0 Å². The molecule has 0 aliphatic carbocycles. The number of carbonyl (C=O) groups excluding carboxylic acids is 2. The molecule has 2 heterocycles. The molecule has 1 aromatic carbocycles. The van der Waals surface area contributed by atoms with E-state index in [4.69, 9.17) is 0 Å². The maximum Gasteiger partial charge on any atom is 0.271 e. The Morgan fingerprint density at radius 2 is 1.88 bits per heavy atom. The van der Waals surface area contributed by atoms with Gasteiger partial charge in [-0.15, -0.1) is 22.7 Å². The number of carbonyl (C=O) groups is 2. The van der Waals surface area contributed by atoms with Crippen molar-refractivity contribution >= 4 is 40.2 Å². The van der Waals surface area contributed by atoms with Gasteiger partial charge < -0.3 is 10.6 Å². The van der Waals surface area contributed by atoms with Gasteiger partial charge >= 0.3 is 0 Å². The Morgan fingerprint density at radius 3 is 2.54 bits per heavy atom. The third-order valence-corrected chi connectivity index (χ3v) is 5.55. The highest BCUT2D eigenvalue weighted by Gasteiger charge is 2.12. The monoisotopic (exact) mass is 385 g/mol. The van der Waals surface area contributed by atoms with E-state index in [2.05, 4.69) is 15.6 Å². The molecule has 0 fully saturated rings. The minimum atomic E-state index is -0.193. The molecule has 5 nitrogen and oxygen atoms in total. The summed E-state index contributed by atoms with van der Waals surface area (Å²) in [6.45, 7) is 4.10. The van der Waals surface area contributed by atoms with Crippen molar-refractivity contribution in [3.05, 3.63) is 58.4 Å². The third-order valence-electron chi connectivity index (χ3n) is 3.67. The summed E-state index contributed by atoms with van der Waals surface area (Å²) in [5.41, 5.74) is 2.13. The van der Waals surface area contributed by atoms with Crippen LogP contribution in [-0.4, -0.2) is 16.8 Å². The number of anilines is 1. The van der Waals surface area contributed by atoms with Crippen molar-refractivity contribution in [2.24, 2.45) is 5.92 Å². The Labute approximate surface area is 160 Å². The summed E-state index contributed by atoms with van der Waals surface area (Å²) >= 11 is 3.07. The van der Waals surface area contributed by atoms with Crippen LogP contribution < -0.4 is 10.6 Å². The molecule has 3 rings (SSSR count). The van der Waals surface area contributed by atoms with Crippen molar-refractivity contribution in [1.29, 1.82) is 0 Å². The molecule has 0 saturated carbocycles. The van der Waals surface area contributed by atoms with Crippen molar-refractivity contribution in [2.75, 3.05) is 5.32 Å². The molecule has 2 amide bonds. The predicted octanol–water partition coefficient (Wildman–Crippen LogP) is 4.40. The van der Waals surface area contributed by atoms with E-state index in [9.17, 15) is 9.59 Å². The third kappa shape index (κ3) is 4.56. The summed E-state index contributed by atoms with van der Waals surface area (Å²) in [6, 6.07) is 11.4. The highest BCUT2D eigenvalue weighted by molar-refractivity contribution is 7.20. The van der Waals surface area contributed by atoms with Gasteiger partial charge in [0.1, 0.15) is 10.7 Å². The van der Waals surface area contributed by atoms with Crippen molar-refractivity contribution in [3.63, 3.8) is 0 Å². The molecule has 26 heavy (non-hydrogen) atoms. The molecule has 0 spiro atoms. The average molecular weight is 386 g/mol. The second-order valence-electron chi connectivity index (χ2n) is 6.04. The van der Waals surface area contributed by atoms with E-state index in [0.29, 0.717) is 12.2 Å². The lowest BCUT2D eigenvalue weighted by atomic mass is 10.1. The van der Waals surface area contributed by atoms with Crippen LogP contribution in [0.25, 0.3) is 9.88 Å². The molecule has 0 saturated heterocycles. The molecule has 0 atom stereocenters. The minimum Gasteiger partial charge on any atom is -0.347 e. The molecule has 0 aliphatic rings. The van der Waals surface area contributed by atoms with Crippen LogP contribution in [0.1, 0.15) is 29.9 Å². The largest absolute Gasteiger partial charge is 0.347 e. The van der Waals surface area contributed by atoms with E-state index in [1.807, 2.05) is 55.6 Å². The highest BCUT2D eigenvalue weighted by Crippen LogP contribution is 2.27. The number of thiazole rings is 1. The van der Waals surface area contributed by atoms with Crippen molar-refractivity contribution in [1.82, 2.24) is 10.3 Å².